The van der Waals surface area contributed by atoms with Crippen LogP contribution in [0.5, 0.6) is 0 Å². The highest BCUT2D eigenvalue weighted by atomic mass is 16.6. The number of carboxylic acid groups (broad SMARTS) is 1. The van der Waals surface area contributed by atoms with Gasteiger partial charge in [0.15, 0.2) is 0 Å². The van der Waals surface area contributed by atoms with Crippen LogP contribution < -0.4 is 5.32 Å². The van der Waals surface area contributed by atoms with Gasteiger partial charge in [-0.25, -0.2) is 4.79 Å². The quantitative estimate of drug-likeness (QED) is 0.647. The summed E-state index contributed by atoms with van der Waals surface area (Å²) in [5, 5.41) is 23.0. The predicted molar refractivity (Wildman–Crippen MR) is 79.2 cm³/mol. The van der Waals surface area contributed by atoms with E-state index < -0.39 is 16.6 Å². The molecule has 2 aromatic rings. The third kappa shape index (κ3) is 3.17. The van der Waals surface area contributed by atoms with Crippen molar-refractivity contribution in [2.75, 3.05) is 5.32 Å². The normalized spacial score (nSPS) is 10.1. The number of nitro groups is 1. The highest BCUT2D eigenvalue weighted by molar-refractivity contribution is 5.93. The second kappa shape index (κ2) is 6.04. The Bertz CT molecular complexity index is 698. The second-order valence-electron chi connectivity index (χ2n) is 4.43. The molecule has 0 aliphatic rings. The SMILES string of the molecule is CCc1ccccc1Nc1ccc(C(=O)O)c([N+](=O)[O-])c1. The minimum Gasteiger partial charge on any atom is -0.477 e. The number of nitro benzene ring substituents is 1. The summed E-state index contributed by atoms with van der Waals surface area (Å²) < 4.78 is 0. The monoisotopic (exact) mass is 286 g/mol. The zero-order valence-electron chi connectivity index (χ0n) is 11.4. The molecule has 0 fully saturated rings. The van der Waals surface area contributed by atoms with Gasteiger partial charge in [-0.3, -0.25) is 10.1 Å². The minimum absolute atomic E-state index is 0.325. The molecule has 0 aliphatic carbocycles. The maximum atomic E-state index is 11.0. The number of benzene rings is 2. The molecule has 2 N–H and O–H groups in total. The fraction of sp³-hybridized carbons (Fsp3) is 0.133. The molecule has 0 saturated carbocycles. The van der Waals surface area contributed by atoms with Crippen LogP contribution in [0, 0.1) is 10.1 Å². The van der Waals surface area contributed by atoms with Crippen molar-refractivity contribution < 1.29 is 14.8 Å². The maximum absolute atomic E-state index is 11.0. The Morgan fingerprint density at radius 2 is 2.00 bits per heavy atom. The van der Waals surface area contributed by atoms with E-state index in [2.05, 4.69) is 5.32 Å². The van der Waals surface area contributed by atoms with E-state index in [0.29, 0.717) is 5.69 Å². The van der Waals surface area contributed by atoms with Gasteiger partial charge in [0.25, 0.3) is 5.69 Å². The van der Waals surface area contributed by atoms with Crippen LogP contribution in [-0.2, 0) is 6.42 Å². The van der Waals surface area contributed by atoms with Crippen molar-refractivity contribution >= 4 is 23.0 Å². The van der Waals surface area contributed by atoms with Crippen molar-refractivity contribution in [1.82, 2.24) is 0 Å². The summed E-state index contributed by atoms with van der Waals surface area (Å²) in [4.78, 5) is 21.2. The number of carboxylic acids is 1. The van der Waals surface area contributed by atoms with E-state index in [9.17, 15) is 14.9 Å². The standard InChI is InChI=1S/C15H14N2O4/c1-2-10-5-3-4-6-13(10)16-11-7-8-12(15(18)19)14(9-11)17(20)21/h3-9,16H,2H2,1H3,(H,18,19). The minimum atomic E-state index is -1.32. The molecule has 2 aromatic carbocycles. The van der Waals surface area contributed by atoms with Crippen LogP contribution in [0.3, 0.4) is 0 Å². The molecular weight excluding hydrogens is 272 g/mol. The molecule has 0 saturated heterocycles. The lowest BCUT2D eigenvalue weighted by atomic mass is 10.1. The molecule has 0 bridgehead atoms. The smallest absolute Gasteiger partial charge is 0.342 e. The van der Waals surface area contributed by atoms with Crippen molar-refractivity contribution in [3.63, 3.8) is 0 Å². The van der Waals surface area contributed by atoms with Gasteiger partial charge in [-0.2, -0.15) is 0 Å². The van der Waals surface area contributed by atoms with Crippen LogP contribution in [0.4, 0.5) is 17.1 Å². The molecule has 0 radical (unpaired) electrons. The van der Waals surface area contributed by atoms with E-state index in [4.69, 9.17) is 5.11 Å². The van der Waals surface area contributed by atoms with Gasteiger partial charge in [0.2, 0.25) is 0 Å². The Morgan fingerprint density at radius 3 is 2.62 bits per heavy atom. The van der Waals surface area contributed by atoms with Gasteiger partial charge in [-0.1, -0.05) is 25.1 Å². The molecule has 0 heterocycles. The third-order valence-corrected chi connectivity index (χ3v) is 3.10. The van der Waals surface area contributed by atoms with Crippen molar-refractivity contribution in [1.29, 1.82) is 0 Å². The Morgan fingerprint density at radius 1 is 1.29 bits per heavy atom. The fourth-order valence-electron chi connectivity index (χ4n) is 2.05. The molecular formula is C15H14N2O4. The molecule has 2 rings (SSSR count). The largest absolute Gasteiger partial charge is 0.477 e. The Labute approximate surface area is 121 Å². The highest BCUT2D eigenvalue weighted by Gasteiger charge is 2.20. The molecule has 0 aromatic heterocycles. The first kappa shape index (κ1) is 14.5. The topological polar surface area (TPSA) is 92.5 Å². The number of carbonyl (C=O) groups is 1. The van der Waals surface area contributed by atoms with Gasteiger partial charge >= 0.3 is 5.97 Å². The number of aromatic carboxylic acids is 1. The number of hydrogen-bond donors (Lipinski definition) is 2. The van der Waals surface area contributed by atoms with Crippen LogP contribution in [0.25, 0.3) is 0 Å². The van der Waals surface area contributed by atoms with Crippen molar-refractivity contribution in [2.24, 2.45) is 0 Å². The first-order valence-electron chi connectivity index (χ1n) is 6.39. The van der Waals surface area contributed by atoms with E-state index in [1.165, 1.54) is 18.2 Å². The average molecular weight is 286 g/mol. The van der Waals surface area contributed by atoms with Gasteiger partial charge in [0.05, 0.1) is 4.92 Å². The van der Waals surface area contributed by atoms with E-state index in [-0.39, 0.29) is 5.56 Å². The molecule has 0 unspecified atom stereocenters. The molecule has 0 spiro atoms. The Balaban J connectivity index is 2.39. The van der Waals surface area contributed by atoms with Gasteiger partial charge in [-0.15, -0.1) is 0 Å². The van der Waals surface area contributed by atoms with Crippen molar-refractivity contribution in [3.05, 3.63) is 63.7 Å². The third-order valence-electron chi connectivity index (χ3n) is 3.10. The highest BCUT2D eigenvalue weighted by Crippen LogP contribution is 2.27. The van der Waals surface area contributed by atoms with Gasteiger partial charge in [0, 0.05) is 17.4 Å². The number of nitrogens with one attached hydrogen (secondary N) is 1. The van der Waals surface area contributed by atoms with Crippen LogP contribution in [0.15, 0.2) is 42.5 Å². The summed E-state index contributed by atoms with van der Waals surface area (Å²) in [5.41, 5.74) is 1.64. The van der Waals surface area contributed by atoms with Crippen LogP contribution in [0.2, 0.25) is 0 Å². The Hall–Kier alpha value is -2.89. The summed E-state index contributed by atoms with van der Waals surface area (Å²) in [6.07, 6.45) is 0.818. The molecule has 6 nitrogen and oxygen atoms in total. The molecule has 0 aliphatic heterocycles. The number of nitrogens with zero attached hydrogens (tertiary/aromatic N) is 1. The zero-order valence-corrected chi connectivity index (χ0v) is 11.4. The summed E-state index contributed by atoms with van der Waals surface area (Å²) in [5.74, 6) is -1.32. The number of anilines is 2. The first-order valence-corrected chi connectivity index (χ1v) is 6.39. The van der Waals surface area contributed by atoms with Crippen LogP contribution in [-0.4, -0.2) is 16.0 Å². The van der Waals surface area contributed by atoms with Crippen molar-refractivity contribution in [3.8, 4) is 0 Å². The van der Waals surface area contributed by atoms with E-state index >= 15 is 0 Å². The lowest BCUT2D eigenvalue weighted by molar-refractivity contribution is -0.385. The van der Waals surface area contributed by atoms with Gasteiger partial charge in [0.1, 0.15) is 5.56 Å². The zero-order chi connectivity index (χ0) is 15.4. The molecule has 6 heteroatoms. The molecule has 21 heavy (non-hydrogen) atoms. The van der Waals surface area contributed by atoms with Gasteiger partial charge in [-0.05, 0) is 30.2 Å². The van der Waals surface area contributed by atoms with E-state index in [1.54, 1.807) is 0 Å². The molecule has 0 amide bonds. The summed E-state index contributed by atoms with van der Waals surface area (Å²) in [7, 11) is 0. The van der Waals surface area contributed by atoms with E-state index in [1.807, 2.05) is 31.2 Å². The van der Waals surface area contributed by atoms with Gasteiger partial charge < -0.3 is 10.4 Å². The molecule has 108 valence electrons. The number of aryl methyl sites for hydroxylation is 1. The fourth-order valence-corrected chi connectivity index (χ4v) is 2.05. The Kier molecular flexibility index (Phi) is 4.18. The number of para-hydroxylation sites is 1. The van der Waals surface area contributed by atoms with Crippen LogP contribution >= 0.6 is 0 Å². The summed E-state index contributed by atoms with van der Waals surface area (Å²) in [6, 6.07) is 11.6. The predicted octanol–water partition coefficient (Wildman–Crippen LogP) is 3.60. The number of hydrogen-bond acceptors (Lipinski definition) is 4. The summed E-state index contributed by atoms with van der Waals surface area (Å²) in [6.45, 7) is 2.01. The first-order chi connectivity index (χ1) is 10.0. The lowest BCUT2D eigenvalue weighted by Crippen LogP contribution is -2.03. The maximum Gasteiger partial charge on any atom is 0.342 e. The second-order valence-corrected chi connectivity index (χ2v) is 4.43. The van der Waals surface area contributed by atoms with E-state index in [0.717, 1.165) is 17.7 Å². The summed E-state index contributed by atoms with van der Waals surface area (Å²) >= 11 is 0. The lowest BCUT2D eigenvalue weighted by Gasteiger charge is -2.11. The average Bonchev–Trinajstić information content (AvgIpc) is 2.47. The molecule has 0 atom stereocenters. The van der Waals surface area contributed by atoms with Crippen molar-refractivity contribution in [2.45, 2.75) is 13.3 Å². The number of rotatable bonds is 5. The van der Waals surface area contributed by atoms with Crippen LogP contribution in [0.1, 0.15) is 22.8 Å².